The number of rotatable bonds is 4. The predicted molar refractivity (Wildman–Crippen MR) is 72.2 cm³/mol. The zero-order valence-corrected chi connectivity index (χ0v) is 10.9. The van der Waals surface area contributed by atoms with E-state index in [-0.39, 0.29) is 0 Å². The van der Waals surface area contributed by atoms with Crippen molar-refractivity contribution < 1.29 is 0 Å². The molecule has 0 amide bonds. The van der Waals surface area contributed by atoms with E-state index in [4.69, 9.17) is 0 Å². The molecule has 0 bridgehead atoms. The molecular weight excluding hydrogens is 210 g/mol. The number of nitrogens with zero attached hydrogens (tertiary/aromatic N) is 2. The molecule has 1 aromatic heterocycles. The van der Waals surface area contributed by atoms with Gasteiger partial charge in [0.05, 0.1) is 0 Å². The summed E-state index contributed by atoms with van der Waals surface area (Å²) in [7, 11) is 0. The normalized spacial score (nSPS) is 20.6. The van der Waals surface area contributed by atoms with Crippen molar-refractivity contribution in [3.05, 3.63) is 23.9 Å². The number of piperidine rings is 1. The summed E-state index contributed by atoms with van der Waals surface area (Å²) in [4.78, 5) is 6.98. The van der Waals surface area contributed by atoms with E-state index >= 15 is 0 Å². The summed E-state index contributed by atoms with van der Waals surface area (Å²) in [5, 5.41) is 3.32. The van der Waals surface area contributed by atoms with Gasteiger partial charge in [0, 0.05) is 25.8 Å². The summed E-state index contributed by atoms with van der Waals surface area (Å²) < 4.78 is 0. The summed E-state index contributed by atoms with van der Waals surface area (Å²) in [6.45, 7) is 8.68. The van der Waals surface area contributed by atoms with E-state index in [1.165, 1.54) is 18.4 Å². The Morgan fingerprint density at radius 3 is 3.00 bits per heavy atom. The fourth-order valence-electron chi connectivity index (χ4n) is 2.38. The van der Waals surface area contributed by atoms with Crippen molar-refractivity contribution in [2.75, 3.05) is 24.5 Å². The van der Waals surface area contributed by atoms with E-state index in [1.807, 2.05) is 6.20 Å². The quantitative estimate of drug-likeness (QED) is 0.865. The maximum atomic E-state index is 4.58. The minimum atomic E-state index is 0.798. The van der Waals surface area contributed by atoms with E-state index in [9.17, 15) is 0 Å². The van der Waals surface area contributed by atoms with Gasteiger partial charge in [-0.25, -0.2) is 4.98 Å². The average molecular weight is 233 g/mol. The van der Waals surface area contributed by atoms with Gasteiger partial charge < -0.3 is 10.2 Å². The van der Waals surface area contributed by atoms with Gasteiger partial charge in [-0.1, -0.05) is 19.9 Å². The summed E-state index contributed by atoms with van der Waals surface area (Å²) in [5.74, 6) is 1.93. The minimum absolute atomic E-state index is 0.798. The Hall–Kier alpha value is -1.09. The summed E-state index contributed by atoms with van der Waals surface area (Å²) in [6, 6.07) is 4.34. The van der Waals surface area contributed by atoms with Crippen molar-refractivity contribution in [1.82, 2.24) is 10.3 Å². The Labute approximate surface area is 104 Å². The van der Waals surface area contributed by atoms with Crippen molar-refractivity contribution in [1.29, 1.82) is 0 Å². The molecule has 1 fully saturated rings. The van der Waals surface area contributed by atoms with Crippen LogP contribution in [-0.2, 0) is 6.54 Å². The number of pyridine rings is 1. The third kappa shape index (κ3) is 3.43. The Morgan fingerprint density at radius 1 is 1.47 bits per heavy atom. The molecule has 1 aliphatic rings. The molecule has 0 radical (unpaired) electrons. The molecule has 0 saturated carbocycles. The Kier molecular flexibility index (Phi) is 4.37. The smallest absolute Gasteiger partial charge is 0.128 e. The lowest BCUT2D eigenvalue weighted by Crippen LogP contribution is -2.34. The van der Waals surface area contributed by atoms with Gasteiger partial charge >= 0.3 is 0 Å². The van der Waals surface area contributed by atoms with Crippen molar-refractivity contribution in [3.8, 4) is 0 Å². The number of anilines is 1. The number of hydrogen-bond acceptors (Lipinski definition) is 3. The first-order chi connectivity index (χ1) is 8.29. The van der Waals surface area contributed by atoms with Crippen LogP contribution in [0.1, 0.15) is 32.3 Å². The van der Waals surface area contributed by atoms with Gasteiger partial charge in [0.1, 0.15) is 5.82 Å². The van der Waals surface area contributed by atoms with Crippen LogP contribution in [0, 0.1) is 5.92 Å². The van der Waals surface area contributed by atoms with Crippen LogP contribution in [0.2, 0.25) is 0 Å². The second-order valence-electron chi connectivity index (χ2n) is 5.00. The highest BCUT2D eigenvalue weighted by atomic mass is 15.2. The molecule has 1 saturated heterocycles. The summed E-state index contributed by atoms with van der Waals surface area (Å²) >= 11 is 0. The highest BCUT2D eigenvalue weighted by Crippen LogP contribution is 2.21. The highest BCUT2D eigenvalue weighted by Gasteiger charge is 2.17. The van der Waals surface area contributed by atoms with E-state index < -0.39 is 0 Å². The van der Waals surface area contributed by atoms with Crippen LogP contribution in [-0.4, -0.2) is 24.6 Å². The third-order valence-electron chi connectivity index (χ3n) is 3.37. The summed E-state index contributed by atoms with van der Waals surface area (Å²) in [6.07, 6.45) is 4.65. The predicted octanol–water partition coefficient (Wildman–Crippen LogP) is 2.43. The van der Waals surface area contributed by atoms with Crippen LogP contribution in [0.15, 0.2) is 18.3 Å². The fourth-order valence-corrected chi connectivity index (χ4v) is 2.38. The number of aromatic nitrogens is 1. The molecule has 1 aliphatic heterocycles. The number of hydrogen-bond donors (Lipinski definition) is 1. The Balaban J connectivity index is 1.96. The molecule has 17 heavy (non-hydrogen) atoms. The average Bonchev–Trinajstić information content (AvgIpc) is 2.37. The second kappa shape index (κ2) is 6.01. The van der Waals surface area contributed by atoms with Crippen LogP contribution in [0.3, 0.4) is 0 Å². The molecule has 3 heteroatoms. The first-order valence-corrected chi connectivity index (χ1v) is 6.70. The van der Waals surface area contributed by atoms with Crippen LogP contribution in [0.25, 0.3) is 0 Å². The molecule has 0 aliphatic carbocycles. The second-order valence-corrected chi connectivity index (χ2v) is 5.00. The molecule has 0 aromatic carbocycles. The van der Waals surface area contributed by atoms with Crippen LogP contribution in [0.5, 0.6) is 0 Å². The van der Waals surface area contributed by atoms with Gasteiger partial charge in [-0.2, -0.15) is 0 Å². The molecule has 0 spiro atoms. The standard InChI is InChI=1S/C14H23N3/c1-3-15-9-13-6-7-14(16-10-13)17-8-4-5-12(2)11-17/h6-7,10,12,15H,3-5,8-9,11H2,1-2H3. The lowest BCUT2D eigenvalue weighted by molar-refractivity contribution is 0.444. The van der Waals surface area contributed by atoms with Gasteiger partial charge in [-0.05, 0) is 36.9 Å². The minimum Gasteiger partial charge on any atom is -0.356 e. The van der Waals surface area contributed by atoms with Crippen LogP contribution >= 0.6 is 0 Å². The first-order valence-electron chi connectivity index (χ1n) is 6.70. The molecular formula is C14H23N3. The molecule has 3 nitrogen and oxygen atoms in total. The fraction of sp³-hybridized carbons (Fsp3) is 0.643. The zero-order valence-electron chi connectivity index (χ0n) is 10.9. The first kappa shape index (κ1) is 12.4. The Bertz CT molecular complexity index is 334. The Morgan fingerprint density at radius 2 is 2.35 bits per heavy atom. The SMILES string of the molecule is CCNCc1ccc(N2CCCC(C)C2)nc1. The largest absolute Gasteiger partial charge is 0.356 e. The monoisotopic (exact) mass is 233 g/mol. The molecule has 1 aromatic rings. The summed E-state index contributed by atoms with van der Waals surface area (Å²) in [5.41, 5.74) is 1.26. The van der Waals surface area contributed by atoms with Gasteiger partial charge in [-0.15, -0.1) is 0 Å². The molecule has 2 heterocycles. The van der Waals surface area contributed by atoms with Crippen molar-refractivity contribution >= 4 is 5.82 Å². The lowest BCUT2D eigenvalue weighted by Gasteiger charge is -2.31. The van der Waals surface area contributed by atoms with E-state index in [1.54, 1.807) is 0 Å². The van der Waals surface area contributed by atoms with E-state index in [0.29, 0.717) is 0 Å². The van der Waals surface area contributed by atoms with E-state index in [2.05, 4.69) is 41.2 Å². The zero-order chi connectivity index (χ0) is 12.1. The maximum Gasteiger partial charge on any atom is 0.128 e. The molecule has 1 atom stereocenters. The van der Waals surface area contributed by atoms with Crippen molar-refractivity contribution in [2.24, 2.45) is 5.92 Å². The van der Waals surface area contributed by atoms with Crippen LogP contribution in [0.4, 0.5) is 5.82 Å². The third-order valence-corrected chi connectivity index (χ3v) is 3.37. The molecule has 1 unspecified atom stereocenters. The van der Waals surface area contributed by atoms with Crippen molar-refractivity contribution in [3.63, 3.8) is 0 Å². The van der Waals surface area contributed by atoms with Gasteiger partial charge in [0.15, 0.2) is 0 Å². The van der Waals surface area contributed by atoms with Gasteiger partial charge in [-0.3, -0.25) is 0 Å². The maximum absolute atomic E-state index is 4.58. The van der Waals surface area contributed by atoms with Gasteiger partial charge in [0.2, 0.25) is 0 Å². The van der Waals surface area contributed by atoms with Crippen LogP contribution < -0.4 is 10.2 Å². The van der Waals surface area contributed by atoms with Gasteiger partial charge in [0.25, 0.3) is 0 Å². The molecule has 2 rings (SSSR count). The number of nitrogens with one attached hydrogen (secondary N) is 1. The molecule has 1 N–H and O–H groups in total. The van der Waals surface area contributed by atoms with E-state index in [0.717, 1.165) is 37.9 Å². The lowest BCUT2D eigenvalue weighted by atomic mass is 10.0. The molecule has 94 valence electrons. The highest BCUT2D eigenvalue weighted by molar-refractivity contribution is 5.39. The van der Waals surface area contributed by atoms with Crippen molar-refractivity contribution in [2.45, 2.75) is 33.2 Å². The topological polar surface area (TPSA) is 28.2 Å².